The number of anilines is 1. The van der Waals surface area contributed by atoms with Gasteiger partial charge >= 0.3 is 0 Å². The molecular weight excluding hydrogens is 278 g/mol. The third kappa shape index (κ3) is 3.94. The zero-order chi connectivity index (χ0) is 15.2. The van der Waals surface area contributed by atoms with E-state index in [1.807, 2.05) is 0 Å². The summed E-state index contributed by atoms with van der Waals surface area (Å²) in [5, 5.41) is 2.96. The van der Waals surface area contributed by atoms with Gasteiger partial charge in [-0.1, -0.05) is 6.42 Å². The monoisotopic (exact) mass is 303 g/mol. The van der Waals surface area contributed by atoms with Crippen molar-refractivity contribution >= 4 is 11.9 Å². The Kier molecular flexibility index (Phi) is 5.21. The van der Waals surface area contributed by atoms with Crippen LogP contribution in [0.15, 0.2) is 12.4 Å². The predicted molar refractivity (Wildman–Crippen MR) is 86.1 cm³/mol. The van der Waals surface area contributed by atoms with E-state index < -0.39 is 0 Å². The predicted octanol–water partition coefficient (Wildman–Crippen LogP) is 1.29. The summed E-state index contributed by atoms with van der Waals surface area (Å²) in [5.74, 6) is 0.660. The number of piperidine rings is 1. The highest BCUT2D eigenvalue weighted by Crippen LogP contribution is 2.14. The number of rotatable bonds is 5. The second-order valence-corrected chi connectivity index (χ2v) is 6.12. The molecule has 0 aliphatic carbocycles. The number of hydrogen-bond donors (Lipinski definition) is 1. The summed E-state index contributed by atoms with van der Waals surface area (Å²) in [6, 6.07) is 0. The number of hydrogen-bond acceptors (Lipinski definition) is 5. The van der Waals surface area contributed by atoms with Gasteiger partial charge in [0.1, 0.15) is 0 Å². The molecule has 3 heterocycles. The van der Waals surface area contributed by atoms with E-state index >= 15 is 0 Å². The van der Waals surface area contributed by atoms with Gasteiger partial charge in [0, 0.05) is 38.6 Å². The molecule has 1 aromatic rings. The molecule has 6 heteroatoms. The molecule has 1 N–H and O–H groups in total. The van der Waals surface area contributed by atoms with Gasteiger partial charge in [-0.2, -0.15) is 0 Å². The smallest absolute Gasteiger partial charge is 0.254 e. The summed E-state index contributed by atoms with van der Waals surface area (Å²) in [6.07, 6.45) is 9.56. The molecule has 22 heavy (non-hydrogen) atoms. The zero-order valence-electron chi connectivity index (χ0n) is 13.1. The van der Waals surface area contributed by atoms with E-state index in [9.17, 15) is 4.79 Å². The minimum absolute atomic E-state index is 0.0787. The molecule has 2 fully saturated rings. The van der Waals surface area contributed by atoms with Crippen LogP contribution in [0.3, 0.4) is 0 Å². The van der Waals surface area contributed by atoms with Crippen molar-refractivity contribution in [1.29, 1.82) is 0 Å². The van der Waals surface area contributed by atoms with Gasteiger partial charge in [-0.05, 0) is 38.8 Å². The topological polar surface area (TPSA) is 61.4 Å². The van der Waals surface area contributed by atoms with Crippen molar-refractivity contribution in [2.24, 2.45) is 0 Å². The fourth-order valence-electron chi connectivity index (χ4n) is 3.13. The molecule has 0 saturated carbocycles. The Bertz CT molecular complexity index is 478. The van der Waals surface area contributed by atoms with Gasteiger partial charge in [-0.3, -0.25) is 4.79 Å². The molecule has 2 saturated heterocycles. The van der Waals surface area contributed by atoms with Gasteiger partial charge in [0.15, 0.2) is 0 Å². The number of nitrogens with one attached hydrogen (secondary N) is 1. The third-order valence-electron chi connectivity index (χ3n) is 4.45. The average Bonchev–Trinajstić information content (AvgIpc) is 3.10. The van der Waals surface area contributed by atoms with Crippen molar-refractivity contribution < 1.29 is 4.79 Å². The molecule has 2 aliphatic heterocycles. The van der Waals surface area contributed by atoms with E-state index in [0.29, 0.717) is 12.1 Å². The fourth-order valence-corrected chi connectivity index (χ4v) is 3.13. The lowest BCUT2D eigenvalue weighted by molar-refractivity contribution is 0.0946. The van der Waals surface area contributed by atoms with Crippen molar-refractivity contribution in [3.05, 3.63) is 18.0 Å². The Morgan fingerprint density at radius 2 is 1.64 bits per heavy atom. The van der Waals surface area contributed by atoms with E-state index in [0.717, 1.165) is 38.7 Å². The van der Waals surface area contributed by atoms with Gasteiger partial charge < -0.3 is 15.1 Å². The van der Waals surface area contributed by atoms with Crippen LogP contribution >= 0.6 is 0 Å². The first-order chi connectivity index (χ1) is 10.8. The Balaban J connectivity index is 1.45. The van der Waals surface area contributed by atoms with Crippen molar-refractivity contribution in [3.8, 4) is 0 Å². The fraction of sp³-hybridized carbons (Fsp3) is 0.688. The second-order valence-electron chi connectivity index (χ2n) is 6.12. The molecule has 0 spiro atoms. The largest absolute Gasteiger partial charge is 0.351 e. The summed E-state index contributed by atoms with van der Waals surface area (Å²) < 4.78 is 0. The third-order valence-corrected chi connectivity index (χ3v) is 4.45. The van der Waals surface area contributed by atoms with Gasteiger partial charge in [-0.25, -0.2) is 9.97 Å². The van der Waals surface area contributed by atoms with E-state index in [1.165, 1.54) is 32.1 Å². The molecule has 120 valence electrons. The van der Waals surface area contributed by atoms with Crippen LogP contribution in [0.5, 0.6) is 0 Å². The van der Waals surface area contributed by atoms with Gasteiger partial charge in [0.2, 0.25) is 5.95 Å². The highest BCUT2D eigenvalue weighted by Gasteiger charge is 2.16. The Hall–Kier alpha value is -1.69. The first kappa shape index (κ1) is 15.2. The van der Waals surface area contributed by atoms with Crippen LogP contribution < -0.4 is 10.2 Å². The van der Waals surface area contributed by atoms with Crippen LogP contribution in [-0.2, 0) is 0 Å². The van der Waals surface area contributed by atoms with E-state index in [-0.39, 0.29) is 5.91 Å². The lowest BCUT2D eigenvalue weighted by Crippen LogP contribution is -2.37. The maximum Gasteiger partial charge on any atom is 0.254 e. The lowest BCUT2D eigenvalue weighted by Gasteiger charge is -2.26. The molecule has 1 aromatic heterocycles. The van der Waals surface area contributed by atoms with Crippen LogP contribution in [0.25, 0.3) is 0 Å². The van der Waals surface area contributed by atoms with Gasteiger partial charge in [0.25, 0.3) is 5.91 Å². The van der Waals surface area contributed by atoms with Crippen molar-refractivity contribution in [3.63, 3.8) is 0 Å². The van der Waals surface area contributed by atoms with Crippen molar-refractivity contribution in [1.82, 2.24) is 20.2 Å². The van der Waals surface area contributed by atoms with E-state index in [4.69, 9.17) is 0 Å². The minimum Gasteiger partial charge on any atom is -0.351 e. The van der Waals surface area contributed by atoms with Crippen molar-refractivity contribution in [2.45, 2.75) is 32.1 Å². The zero-order valence-corrected chi connectivity index (χ0v) is 13.1. The molecule has 3 rings (SSSR count). The highest BCUT2D eigenvalue weighted by molar-refractivity contribution is 5.93. The SMILES string of the molecule is O=C(NCCN1CCCCC1)c1cnc(N2CCCC2)nc1. The van der Waals surface area contributed by atoms with Crippen LogP contribution in [0.1, 0.15) is 42.5 Å². The van der Waals surface area contributed by atoms with Crippen LogP contribution in [-0.4, -0.2) is 60.0 Å². The maximum absolute atomic E-state index is 12.1. The van der Waals surface area contributed by atoms with Gasteiger partial charge in [0.05, 0.1) is 5.56 Å². The summed E-state index contributed by atoms with van der Waals surface area (Å²) in [4.78, 5) is 25.3. The number of carbonyl (C=O) groups is 1. The average molecular weight is 303 g/mol. The molecule has 1 amide bonds. The molecular formula is C16H25N5O. The second kappa shape index (κ2) is 7.54. The van der Waals surface area contributed by atoms with E-state index in [1.54, 1.807) is 12.4 Å². The molecule has 0 aromatic carbocycles. The van der Waals surface area contributed by atoms with Crippen molar-refractivity contribution in [2.75, 3.05) is 44.2 Å². The number of likely N-dealkylation sites (tertiary alicyclic amines) is 1. The Morgan fingerprint density at radius 1 is 1.00 bits per heavy atom. The molecule has 6 nitrogen and oxygen atoms in total. The quantitative estimate of drug-likeness (QED) is 0.888. The van der Waals surface area contributed by atoms with Crippen LogP contribution in [0.2, 0.25) is 0 Å². The van der Waals surface area contributed by atoms with Crippen LogP contribution in [0, 0.1) is 0 Å². The first-order valence-electron chi connectivity index (χ1n) is 8.40. The summed E-state index contributed by atoms with van der Waals surface area (Å²) in [5.41, 5.74) is 0.543. The highest BCUT2D eigenvalue weighted by atomic mass is 16.1. The number of carbonyl (C=O) groups excluding carboxylic acids is 1. The molecule has 0 unspecified atom stereocenters. The number of aromatic nitrogens is 2. The molecule has 0 radical (unpaired) electrons. The standard InChI is InChI=1S/C16H25N5O/c22-15(17-6-11-20-7-2-1-3-8-20)14-12-18-16(19-13-14)21-9-4-5-10-21/h12-13H,1-11H2,(H,17,22). The maximum atomic E-state index is 12.1. The lowest BCUT2D eigenvalue weighted by atomic mass is 10.1. The Labute approximate surface area is 131 Å². The normalized spacial score (nSPS) is 19.4. The Morgan fingerprint density at radius 3 is 2.32 bits per heavy atom. The van der Waals surface area contributed by atoms with E-state index in [2.05, 4.69) is 25.1 Å². The molecule has 2 aliphatic rings. The first-order valence-corrected chi connectivity index (χ1v) is 8.40. The number of amides is 1. The van der Waals surface area contributed by atoms with Crippen LogP contribution in [0.4, 0.5) is 5.95 Å². The molecule has 0 bridgehead atoms. The van der Waals surface area contributed by atoms with Gasteiger partial charge in [-0.15, -0.1) is 0 Å². The number of nitrogens with zero attached hydrogens (tertiary/aromatic N) is 4. The summed E-state index contributed by atoms with van der Waals surface area (Å²) >= 11 is 0. The summed E-state index contributed by atoms with van der Waals surface area (Å²) in [7, 11) is 0. The molecule has 0 atom stereocenters. The minimum atomic E-state index is -0.0787. The summed E-state index contributed by atoms with van der Waals surface area (Å²) in [6.45, 7) is 5.96.